The van der Waals surface area contributed by atoms with Gasteiger partial charge in [-0.15, -0.1) is 10.2 Å². The van der Waals surface area contributed by atoms with Crippen molar-refractivity contribution in [3.05, 3.63) is 6.33 Å². The lowest BCUT2D eigenvalue weighted by Crippen LogP contribution is -2.31. The first kappa shape index (κ1) is 10.2. The van der Waals surface area contributed by atoms with Crippen LogP contribution in [0.15, 0.2) is 6.33 Å². The summed E-state index contributed by atoms with van der Waals surface area (Å²) >= 11 is 3.24. The highest BCUT2D eigenvalue weighted by Crippen LogP contribution is 2.17. The van der Waals surface area contributed by atoms with E-state index in [4.69, 9.17) is 0 Å². The number of alkyl halides is 1. The van der Waals surface area contributed by atoms with E-state index in [1.54, 1.807) is 25.5 Å². The third-order valence-corrected chi connectivity index (χ3v) is 1.84. The number of halogens is 1. The zero-order valence-electron chi connectivity index (χ0n) is 7.71. The Morgan fingerprint density at radius 3 is 2.69 bits per heavy atom. The third kappa shape index (κ3) is 2.51. The number of nitrogens with zero attached hydrogens (tertiary/aromatic N) is 3. The fourth-order valence-corrected chi connectivity index (χ4v) is 0.746. The zero-order chi connectivity index (χ0) is 10.1. The van der Waals surface area contributed by atoms with Crippen LogP contribution in [0.3, 0.4) is 0 Å². The quantitative estimate of drug-likeness (QED) is 0.791. The number of carbonyl (C=O) groups is 1. The van der Waals surface area contributed by atoms with Gasteiger partial charge in [0.2, 0.25) is 11.9 Å². The normalized spacial score (nSPS) is 11.4. The van der Waals surface area contributed by atoms with E-state index in [1.807, 2.05) is 0 Å². The maximum Gasteiger partial charge on any atom is 0.243 e. The SMILES string of the molecule is Cn1cnnc1NC(=O)C(C)(C)Br. The molecule has 0 unspecified atom stereocenters. The molecule has 0 aliphatic heterocycles. The summed E-state index contributed by atoms with van der Waals surface area (Å²) < 4.78 is 1.04. The summed E-state index contributed by atoms with van der Waals surface area (Å²) in [5, 5.41) is 10.0. The van der Waals surface area contributed by atoms with Gasteiger partial charge >= 0.3 is 0 Å². The first-order valence-electron chi connectivity index (χ1n) is 3.75. The molecule has 0 aromatic carbocycles. The first-order chi connectivity index (χ1) is 5.91. The van der Waals surface area contributed by atoms with E-state index < -0.39 is 4.32 Å². The maximum atomic E-state index is 11.4. The van der Waals surface area contributed by atoms with Crippen LogP contribution in [0, 0.1) is 0 Å². The molecule has 6 heteroatoms. The van der Waals surface area contributed by atoms with Crippen molar-refractivity contribution in [2.45, 2.75) is 18.2 Å². The van der Waals surface area contributed by atoms with Gasteiger partial charge in [0.05, 0.1) is 4.32 Å². The summed E-state index contributed by atoms with van der Waals surface area (Å²) in [5.74, 6) is 0.293. The number of rotatable bonds is 2. The first-order valence-corrected chi connectivity index (χ1v) is 4.55. The second-order valence-electron chi connectivity index (χ2n) is 3.19. The largest absolute Gasteiger partial charge is 0.303 e. The molecule has 0 aliphatic rings. The molecule has 1 heterocycles. The molecule has 1 aromatic heterocycles. The van der Waals surface area contributed by atoms with E-state index >= 15 is 0 Å². The van der Waals surface area contributed by atoms with Crippen molar-refractivity contribution in [1.82, 2.24) is 14.8 Å². The average molecular weight is 247 g/mol. The Morgan fingerprint density at radius 1 is 1.69 bits per heavy atom. The van der Waals surface area contributed by atoms with Crippen molar-refractivity contribution >= 4 is 27.8 Å². The van der Waals surface area contributed by atoms with Gasteiger partial charge in [0, 0.05) is 7.05 Å². The minimum Gasteiger partial charge on any atom is -0.303 e. The predicted molar refractivity (Wildman–Crippen MR) is 52.6 cm³/mol. The van der Waals surface area contributed by atoms with Crippen LogP contribution >= 0.6 is 15.9 Å². The molecular weight excluding hydrogens is 236 g/mol. The molecule has 0 fully saturated rings. The highest BCUT2D eigenvalue weighted by atomic mass is 79.9. The number of aromatic nitrogens is 3. The minimum atomic E-state index is -0.598. The van der Waals surface area contributed by atoms with Crippen molar-refractivity contribution < 1.29 is 4.79 Å². The fourth-order valence-electron chi connectivity index (χ4n) is 0.647. The highest BCUT2D eigenvalue weighted by molar-refractivity contribution is 9.10. The molecule has 72 valence electrons. The summed E-state index contributed by atoms with van der Waals surface area (Å²) in [5.41, 5.74) is 0. The van der Waals surface area contributed by atoms with Gasteiger partial charge < -0.3 is 4.57 Å². The Balaban J connectivity index is 2.71. The Kier molecular flexibility index (Phi) is 2.70. The lowest BCUT2D eigenvalue weighted by Gasteiger charge is -2.14. The number of anilines is 1. The summed E-state index contributed by atoms with van der Waals surface area (Å²) in [6, 6.07) is 0. The minimum absolute atomic E-state index is 0.149. The molecule has 1 N–H and O–H groups in total. The van der Waals surface area contributed by atoms with Gasteiger partial charge in [0.15, 0.2) is 0 Å². The molecule has 1 aromatic rings. The monoisotopic (exact) mass is 246 g/mol. The molecule has 5 nitrogen and oxygen atoms in total. The second kappa shape index (κ2) is 3.45. The highest BCUT2D eigenvalue weighted by Gasteiger charge is 2.24. The van der Waals surface area contributed by atoms with Gasteiger partial charge in [-0.25, -0.2) is 0 Å². The number of hydrogen-bond acceptors (Lipinski definition) is 3. The van der Waals surface area contributed by atoms with Gasteiger partial charge in [-0.2, -0.15) is 0 Å². The Morgan fingerprint density at radius 2 is 2.31 bits per heavy atom. The number of nitrogens with one attached hydrogen (secondary N) is 1. The van der Waals surface area contributed by atoms with E-state index in [1.165, 1.54) is 6.33 Å². The molecule has 1 amide bonds. The van der Waals surface area contributed by atoms with Crippen molar-refractivity contribution in [2.24, 2.45) is 7.05 Å². The van der Waals surface area contributed by atoms with Crippen molar-refractivity contribution in [3.63, 3.8) is 0 Å². The molecular formula is C7H11BrN4O. The van der Waals surface area contributed by atoms with Crippen LogP contribution in [0.1, 0.15) is 13.8 Å². The molecule has 0 spiro atoms. The molecule has 1 rings (SSSR count). The lowest BCUT2D eigenvalue weighted by molar-refractivity contribution is -0.117. The lowest BCUT2D eigenvalue weighted by atomic mass is 10.2. The molecule has 0 saturated heterocycles. The topological polar surface area (TPSA) is 59.8 Å². The Bertz CT molecular complexity index is 315. The average Bonchev–Trinajstić information content (AvgIpc) is 2.34. The molecule has 0 radical (unpaired) electrons. The number of carbonyl (C=O) groups excluding carboxylic acids is 1. The summed E-state index contributed by atoms with van der Waals surface area (Å²) in [6.07, 6.45) is 1.52. The zero-order valence-corrected chi connectivity index (χ0v) is 9.29. The smallest absolute Gasteiger partial charge is 0.243 e. The van der Waals surface area contributed by atoms with Gasteiger partial charge in [-0.1, -0.05) is 15.9 Å². The van der Waals surface area contributed by atoms with E-state index in [-0.39, 0.29) is 5.91 Å². The van der Waals surface area contributed by atoms with Crippen LogP contribution in [0.4, 0.5) is 5.95 Å². The molecule has 0 aliphatic carbocycles. The molecule has 0 bridgehead atoms. The van der Waals surface area contributed by atoms with Crippen LogP contribution < -0.4 is 5.32 Å². The van der Waals surface area contributed by atoms with Gasteiger partial charge in [-0.05, 0) is 13.8 Å². The molecule has 0 saturated carbocycles. The summed E-state index contributed by atoms with van der Waals surface area (Å²) in [6.45, 7) is 3.53. The number of amides is 1. The summed E-state index contributed by atoms with van der Waals surface area (Å²) in [7, 11) is 1.76. The molecule has 13 heavy (non-hydrogen) atoms. The number of hydrogen-bond donors (Lipinski definition) is 1. The van der Waals surface area contributed by atoms with Gasteiger partial charge in [0.1, 0.15) is 6.33 Å². The maximum absolute atomic E-state index is 11.4. The van der Waals surface area contributed by atoms with Crippen LogP contribution in [0.5, 0.6) is 0 Å². The Hall–Kier alpha value is -0.910. The Labute approximate surface area is 84.7 Å². The van der Waals surface area contributed by atoms with Gasteiger partial charge in [0.25, 0.3) is 0 Å². The van der Waals surface area contributed by atoms with E-state index in [9.17, 15) is 4.79 Å². The van der Waals surface area contributed by atoms with Crippen LogP contribution in [-0.2, 0) is 11.8 Å². The van der Waals surface area contributed by atoms with Crippen molar-refractivity contribution in [3.8, 4) is 0 Å². The second-order valence-corrected chi connectivity index (χ2v) is 5.17. The van der Waals surface area contributed by atoms with Gasteiger partial charge in [-0.3, -0.25) is 10.1 Å². The third-order valence-electron chi connectivity index (χ3n) is 1.48. The van der Waals surface area contributed by atoms with Crippen LogP contribution in [-0.4, -0.2) is 25.0 Å². The molecule has 0 atom stereocenters. The van der Waals surface area contributed by atoms with E-state index in [0.717, 1.165) is 0 Å². The summed E-state index contributed by atoms with van der Waals surface area (Å²) in [4.78, 5) is 11.4. The standard InChI is InChI=1S/C7H11BrN4O/c1-7(2,8)5(13)10-6-11-9-4-12(6)3/h4H,1-3H3,(H,10,11,13). The van der Waals surface area contributed by atoms with E-state index in [2.05, 4.69) is 31.4 Å². The fraction of sp³-hybridized carbons (Fsp3) is 0.571. The number of aryl methyl sites for hydroxylation is 1. The van der Waals surface area contributed by atoms with Crippen LogP contribution in [0.2, 0.25) is 0 Å². The predicted octanol–water partition coefficient (Wildman–Crippen LogP) is 0.927. The van der Waals surface area contributed by atoms with Crippen molar-refractivity contribution in [1.29, 1.82) is 0 Å². The van der Waals surface area contributed by atoms with E-state index in [0.29, 0.717) is 5.95 Å². The van der Waals surface area contributed by atoms with Crippen molar-refractivity contribution in [2.75, 3.05) is 5.32 Å². The van der Waals surface area contributed by atoms with Crippen LogP contribution in [0.25, 0.3) is 0 Å².